The highest BCUT2D eigenvalue weighted by atomic mass is 32.2. The van der Waals surface area contributed by atoms with Gasteiger partial charge in [-0.1, -0.05) is 23.9 Å². The summed E-state index contributed by atoms with van der Waals surface area (Å²) in [6, 6.07) is 8.16. The van der Waals surface area contributed by atoms with Gasteiger partial charge in [-0.2, -0.15) is 0 Å². The Morgan fingerprint density at radius 1 is 1.24 bits per heavy atom. The summed E-state index contributed by atoms with van der Waals surface area (Å²) in [6.07, 6.45) is 2.32. The summed E-state index contributed by atoms with van der Waals surface area (Å²) < 4.78 is 7.96. The number of carbonyl (C=O) groups excluding carboxylic acids is 1. The molecule has 3 heterocycles. The summed E-state index contributed by atoms with van der Waals surface area (Å²) in [5.74, 6) is 1.32. The first-order valence-corrected chi connectivity index (χ1v) is 11.7. The molecule has 0 bridgehead atoms. The van der Waals surface area contributed by atoms with E-state index in [-0.39, 0.29) is 11.9 Å². The second-order valence-corrected chi connectivity index (χ2v) is 9.38. The molecule has 152 valence electrons. The lowest BCUT2D eigenvalue weighted by molar-refractivity contribution is 0.0953. The average Bonchev–Trinajstić information content (AvgIpc) is 3.45. The molecule has 7 heteroatoms. The van der Waals surface area contributed by atoms with Gasteiger partial charge in [-0.3, -0.25) is 9.36 Å². The number of thioether (sulfide) groups is 1. The van der Waals surface area contributed by atoms with Crippen molar-refractivity contribution in [2.45, 2.75) is 51.4 Å². The molecule has 4 rings (SSSR count). The highest BCUT2D eigenvalue weighted by Crippen LogP contribution is 2.29. The van der Waals surface area contributed by atoms with E-state index < -0.39 is 0 Å². The zero-order valence-electron chi connectivity index (χ0n) is 17.0. The minimum absolute atomic E-state index is 0.125. The van der Waals surface area contributed by atoms with Crippen LogP contribution in [0.5, 0.6) is 0 Å². The number of Topliss-reactive ketones (excluding diaryl/α,β-unsaturated/α-hetero) is 1. The van der Waals surface area contributed by atoms with Crippen molar-refractivity contribution < 1.29 is 9.53 Å². The Kier molecular flexibility index (Phi) is 6.18. The summed E-state index contributed by atoms with van der Waals surface area (Å²) in [6.45, 7) is 7.65. The van der Waals surface area contributed by atoms with Crippen LogP contribution in [0.1, 0.15) is 39.9 Å². The molecule has 1 saturated heterocycles. The molecule has 0 radical (unpaired) electrons. The topological polar surface area (TPSA) is 57.0 Å². The lowest BCUT2D eigenvalue weighted by atomic mass is 9.99. The van der Waals surface area contributed by atoms with Gasteiger partial charge in [-0.15, -0.1) is 21.5 Å². The number of aryl methyl sites for hydroxylation is 3. The molecular weight excluding hydrogens is 402 g/mol. The molecule has 1 aromatic carbocycles. The highest BCUT2D eigenvalue weighted by Gasteiger charge is 2.23. The SMILES string of the molecule is Cc1cc(C)c(C(=O)CSc2nnc(-c3cccs3)n2CC2CCCO2)cc1C. The number of carbonyl (C=O) groups is 1. The summed E-state index contributed by atoms with van der Waals surface area (Å²) >= 11 is 3.11. The summed E-state index contributed by atoms with van der Waals surface area (Å²) in [7, 11) is 0. The van der Waals surface area contributed by atoms with Gasteiger partial charge in [-0.25, -0.2) is 0 Å². The molecule has 0 N–H and O–H groups in total. The van der Waals surface area contributed by atoms with Crippen LogP contribution in [0.2, 0.25) is 0 Å². The lowest BCUT2D eigenvalue weighted by Gasteiger charge is -2.14. The van der Waals surface area contributed by atoms with E-state index in [9.17, 15) is 4.79 Å². The highest BCUT2D eigenvalue weighted by molar-refractivity contribution is 7.99. The van der Waals surface area contributed by atoms with Crippen LogP contribution in [0.15, 0.2) is 34.8 Å². The number of hydrogen-bond donors (Lipinski definition) is 0. The Morgan fingerprint density at radius 2 is 2.07 bits per heavy atom. The first-order valence-electron chi connectivity index (χ1n) is 9.85. The molecule has 1 unspecified atom stereocenters. The predicted octanol–water partition coefficient (Wildman–Crippen LogP) is 5.09. The Balaban J connectivity index is 1.55. The minimum Gasteiger partial charge on any atom is -0.376 e. The fourth-order valence-electron chi connectivity index (χ4n) is 3.61. The zero-order valence-corrected chi connectivity index (χ0v) is 18.6. The van der Waals surface area contributed by atoms with Crippen LogP contribution in [0.4, 0.5) is 0 Å². The number of rotatable bonds is 7. The standard InChI is InChI=1S/C22H25N3O2S2/c1-14-10-16(3)18(11-15(14)2)19(26)13-29-22-24-23-21(20-7-5-9-28-20)25(22)12-17-6-4-8-27-17/h5,7,9-11,17H,4,6,8,12-13H2,1-3H3. The van der Waals surface area contributed by atoms with Crippen LogP contribution in [0.3, 0.4) is 0 Å². The van der Waals surface area contributed by atoms with Crippen molar-refractivity contribution in [2.75, 3.05) is 12.4 Å². The smallest absolute Gasteiger partial charge is 0.192 e. The first kappa shape index (κ1) is 20.3. The van der Waals surface area contributed by atoms with E-state index >= 15 is 0 Å². The number of hydrogen-bond acceptors (Lipinski definition) is 6. The summed E-state index contributed by atoms with van der Waals surface area (Å²) in [4.78, 5) is 14.0. The Bertz CT molecular complexity index is 1010. The van der Waals surface area contributed by atoms with Gasteiger partial charge in [-0.05, 0) is 67.8 Å². The number of benzene rings is 1. The number of ether oxygens (including phenoxy) is 1. The van der Waals surface area contributed by atoms with Crippen molar-refractivity contribution in [1.82, 2.24) is 14.8 Å². The van der Waals surface area contributed by atoms with Crippen LogP contribution >= 0.6 is 23.1 Å². The predicted molar refractivity (Wildman–Crippen MR) is 118 cm³/mol. The van der Waals surface area contributed by atoms with Crippen molar-refractivity contribution in [1.29, 1.82) is 0 Å². The van der Waals surface area contributed by atoms with Crippen LogP contribution in [0, 0.1) is 20.8 Å². The van der Waals surface area contributed by atoms with E-state index in [1.54, 1.807) is 11.3 Å². The fourth-order valence-corrected chi connectivity index (χ4v) is 5.16. The molecule has 1 fully saturated rings. The van der Waals surface area contributed by atoms with Crippen LogP contribution in [-0.4, -0.2) is 39.0 Å². The third-order valence-corrected chi connectivity index (χ3v) is 7.17. The van der Waals surface area contributed by atoms with Gasteiger partial charge in [0.15, 0.2) is 16.8 Å². The number of thiophene rings is 1. The molecule has 1 aliphatic rings. The average molecular weight is 428 g/mol. The summed E-state index contributed by atoms with van der Waals surface area (Å²) in [5, 5.41) is 11.7. The van der Waals surface area contributed by atoms with Crippen molar-refractivity contribution in [3.8, 4) is 10.7 Å². The summed E-state index contributed by atoms with van der Waals surface area (Å²) in [5.41, 5.74) is 4.18. The van der Waals surface area contributed by atoms with E-state index in [0.717, 1.165) is 58.5 Å². The molecule has 0 amide bonds. The van der Waals surface area contributed by atoms with Crippen molar-refractivity contribution in [2.24, 2.45) is 0 Å². The number of aromatic nitrogens is 3. The van der Waals surface area contributed by atoms with Crippen LogP contribution < -0.4 is 0 Å². The largest absolute Gasteiger partial charge is 0.376 e. The van der Waals surface area contributed by atoms with E-state index in [1.165, 1.54) is 17.3 Å². The lowest BCUT2D eigenvalue weighted by Crippen LogP contribution is -2.17. The third-order valence-electron chi connectivity index (χ3n) is 5.34. The van der Waals surface area contributed by atoms with E-state index in [0.29, 0.717) is 5.75 Å². The Hall–Kier alpha value is -1.96. The second kappa shape index (κ2) is 8.81. The van der Waals surface area contributed by atoms with Crippen molar-refractivity contribution >= 4 is 28.9 Å². The molecule has 1 aliphatic heterocycles. The maximum Gasteiger partial charge on any atom is 0.192 e. The molecule has 29 heavy (non-hydrogen) atoms. The van der Waals surface area contributed by atoms with Crippen LogP contribution in [0.25, 0.3) is 10.7 Å². The number of nitrogens with zero attached hydrogens (tertiary/aromatic N) is 3. The van der Waals surface area contributed by atoms with Gasteiger partial charge >= 0.3 is 0 Å². The van der Waals surface area contributed by atoms with Gasteiger partial charge < -0.3 is 4.74 Å². The molecule has 0 saturated carbocycles. The van der Waals surface area contributed by atoms with Crippen molar-refractivity contribution in [3.05, 3.63) is 51.9 Å². The second-order valence-electron chi connectivity index (χ2n) is 7.49. The Labute approximate surface area is 179 Å². The normalized spacial score (nSPS) is 16.4. The van der Waals surface area contributed by atoms with Crippen molar-refractivity contribution in [3.63, 3.8) is 0 Å². The molecular formula is C22H25N3O2S2. The van der Waals surface area contributed by atoms with Crippen LogP contribution in [-0.2, 0) is 11.3 Å². The van der Waals surface area contributed by atoms with Gasteiger partial charge in [0.25, 0.3) is 0 Å². The molecule has 1 atom stereocenters. The minimum atomic E-state index is 0.125. The van der Waals surface area contributed by atoms with E-state index in [4.69, 9.17) is 4.74 Å². The molecule has 0 aliphatic carbocycles. The molecule has 5 nitrogen and oxygen atoms in total. The zero-order chi connectivity index (χ0) is 20.4. The quantitative estimate of drug-likeness (QED) is 0.388. The maximum atomic E-state index is 12.9. The van der Waals surface area contributed by atoms with E-state index in [2.05, 4.69) is 33.8 Å². The molecule has 0 spiro atoms. The monoisotopic (exact) mass is 427 g/mol. The van der Waals surface area contributed by atoms with Gasteiger partial charge in [0.1, 0.15) is 0 Å². The third kappa shape index (κ3) is 4.47. The van der Waals surface area contributed by atoms with E-state index in [1.807, 2.05) is 31.4 Å². The van der Waals surface area contributed by atoms with Gasteiger partial charge in [0.2, 0.25) is 0 Å². The van der Waals surface area contributed by atoms with Gasteiger partial charge in [0.05, 0.1) is 23.3 Å². The van der Waals surface area contributed by atoms with Gasteiger partial charge in [0, 0.05) is 12.2 Å². The number of ketones is 1. The molecule has 2 aromatic heterocycles. The fraction of sp³-hybridized carbons (Fsp3) is 0.409. The molecule has 3 aromatic rings. The maximum absolute atomic E-state index is 12.9. The first-order chi connectivity index (χ1) is 14.0. The Morgan fingerprint density at radius 3 is 2.79 bits per heavy atom.